The maximum absolute atomic E-state index is 13.6. The summed E-state index contributed by atoms with van der Waals surface area (Å²) < 4.78 is 3.02. The predicted molar refractivity (Wildman–Crippen MR) is 111 cm³/mol. The number of benzene rings is 2. The highest BCUT2D eigenvalue weighted by Gasteiger charge is 2.18. The second-order valence-corrected chi connectivity index (χ2v) is 6.78. The lowest BCUT2D eigenvalue weighted by Gasteiger charge is -2.13. The molecule has 3 aromatic heterocycles. The first kappa shape index (κ1) is 17.7. The molecular formula is C21H14N6O3. The van der Waals surface area contributed by atoms with Crippen molar-refractivity contribution in [1.82, 2.24) is 24.1 Å². The number of nitrogens with zero attached hydrogens (tertiary/aromatic N) is 6. The molecule has 2 aromatic carbocycles. The first-order valence-electron chi connectivity index (χ1n) is 9.10. The van der Waals surface area contributed by atoms with Crippen molar-refractivity contribution in [1.29, 1.82) is 0 Å². The number of hydrogen-bond acceptors (Lipinski definition) is 6. The molecule has 3 heterocycles. The number of pyridine rings is 1. The number of aryl methyl sites for hydroxylation is 1. The third-order valence-corrected chi connectivity index (χ3v) is 4.97. The van der Waals surface area contributed by atoms with Gasteiger partial charge in [-0.25, -0.2) is 4.98 Å². The molecule has 0 aliphatic rings. The predicted octanol–water partition coefficient (Wildman–Crippen LogP) is 3.31. The van der Waals surface area contributed by atoms with Crippen LogP contribution in [0.15, 0.2) is 71.9 Å². The fourth-order valence-electron chi connectivity index (χ4n) is 3.60. The maximum atomic E-state index is 13.6. The molecule has 0 spiro atoms. The van der Waals surface area contributed by atoms with E-state index in [9.17, 15) is 14.9 Å². The Morgan fingerprint density at radius 2 is 1.87 bits per heavy atom. The molecule has 0 fully saturated rings. The van der Waals surface area contributed by atoms with Crippen LogP contribution >= 0.6 is 0 Å². The first-order chi connectivity index (χ1) is 14.5. The van der Waals surface area contributed by atoms with Crippen molar-refractivity contribution < 1.29 is 4.92 Å². The van der Waals surface area contributed by atoms with Crippen LogP contribution in [0.4, 0.5) is 5.69 Å². The van der Waals surface area contributed by atoms with Crippen molar-refractivity contribution in [2.45, 2.75) is 6.92 Å². The normalized spacial score (nSPS) is 11.2. The van der Waals surface area contributed by atoms with Crippen LogP contribution in [0.3, 0.4) is 0 Å². The summed E-state index contributed by atoms with van der Waals surface area (Å²) in [5, 5.41) is 15.7. The van der Waals surface area contributed by atoms with Crippen LogP contribution in [-0.2, 0) is 0 Å². The largest absolute Gasteiger partial charge is 0.283 e. The number of nitro groups is 1. The summed E-state index contributed by atoms with van der Waals surface area (Å²) in [4.78, 5) is 32.8. The van der Waals surface area contributed by atoms with Crippen LogP contribution in [0.1, 0.15) is 5.56 Å². The van der Waals surface area contributed by atoms with Gasteiger partial charge in [-0.15, -0.1) is 0 Å². The number of fused-ring (bicyclic) bond motifs is 2. The Labute approximate surface area is 169 Å². The molecule has 0 saturated carbocycles. The van der Waals surface area contributed by atoms with E-state index < -0.39 is 4.92 Å². The average molecular weight is 398 g/mol. The SMILES string of the molecule is Cc1cc([N+](=O)[O-])ccc1-n1ccc2nc3ncnn3c(-c3ccccc3)c2c1=O. The highest BCUT2D eigenvalue weighted by molar-refractivity contribution is 5.93. The third kappa shape index (κ3) is 2.64. The van der Waals surface area contributed by atoms with Gasteiger partial charge in [-0.3, -0.25) is 19.5 Å². The molecule has 0 amide bonds. The number of rotatable bonds is 3. The topological polar surface area (TPSA) is 108 Å². The molecular weight excluding hydrogens is 384 g/mol. The van der Waals surface area contributed by atoms with Crippen molar-refractivity contribution in [2.75, 3.05) is 0 Å². The van der Waals surface area contributed by atoms with Crippen LogP contribution in [0.25, 0.3) is 33.6 Å². The van der Waals surface area contributed by atoms with E-state index in [0.29, 0.717) is 33.6 Å². The highest BCUT2D eigenvalue weighted by atomic mass is 16.6. The smallest absolute Gasteiger partial charge is 0.269 e. The fraction of sp³-hybridized carbons (Fsp3) is 0.0476. The summed E-state index contributed by atoms with van der Waals surface area (Å²) in [6, 6.07) is 15.6. The Kier molecular flexibility index (Phi) is 3.88. The van der Waals surface area contributed by atoms with Gasteiger partial charge in [0.2, 0.25) is 0 Å². The molecule has 0 saturated heterocycles. The maximum Gasteiger partial charge on any atom is 0.269 e. The summed E-state index contributed by atoms with van der Waals surface area (Å²) in [6.45, 7) is 1.73. The number of nitro benzene ring substituents is 1. The van der Waals surface area contributed by atoms with Gasteiger partial charge >= 0.3 is 0 Å². The van der Waals surface area contributed by atoms with E-state index in [1.165, 1.54) is 23.0 Å². The minimum Gasteiger partial charge on any atom is -0.283 e. The summed E-state index contributed by atoms with van der Waals surface area (Å²) in [6.07, 6.45) is 3.01. The summed E-state index contributed by atoms with van der Waals surface area (Å²) >= 11 is 0. The van der Waals surface area contributed by atoms with E-state index >= 15 is 0 Å². The van der Waals surface area contributed by atoms with Crippen molar-refractivity contribution in [3.8, 4) is 16.9 Å². The molecule has 146 valence electrons. The molecule has 0 aliphatic carbocycles. The van der Waals surface area contributed by atoms with Crippen molar-refractivity contribution in [3.63, 3.8) is 0 Å². The van der Waals surface area contributed by atoms with Gasteiger partial charge in [0, 0.05) is 23.9 Å². The average Bonchev–Trinajstić information content (AvgIpc) is 3.21. The zero-order valence-corrected chi connectivity index (χ0v) is 15.8. The summed E-state index contributed by atoms with van der Waals surface area (Å²) in [5.41, 5.74) is 2.74. The van der Waals surface area contributed by atoms with Crippen molar-refractivity contribution >= 4 is 22.4 Å². The van der Waals surface area contributed by atoms with Crippen molar-refractivity contribution in [2.24, 2.45) is 0 Å². The van der Waals surface area contributed by atoms with E-state index in [2.05, 4.69) is 15.1 Å². The van der Waals surface area contributed by atoms with E-state index in [4.69, 9.17) is 0 Å². The number of aromatic nitrogens is 5. The Hall–Kier alpha value is -4.40. The summed E-state index contributed by atoms with van der Waals surface area (Å²) in [5.74, 6) is 0.394. The zero-order chi connectivity index (χ0) is 20.8. The molecule has 9 heteroatoms. The van der Waals surface area contributed by atoms with Gasteiger partial charge in [0.05, 0.1) is 27.2 Å². The van der Waals surface area contributed by atoms with E-state index in [0.717, 1.165) is 5.56 Å². The van der Waals surface area contributed by atoms with Gasteiger partial charge in [0.1, 0.15) is 6.33 Å². The highest BCUT2D eigenvalue weighted by Crippen LogP contribution is 2.27. The molecule has 0 unspecified atom stereocenters. The van der Waals surface area contributed by atoms with Crippen LogP contribution in [0.2, 0.25) is 0 Å². The van der Waals surface area contributed by atoms with E-state index in [-0.39, 0.29) is 11.2 Å². The standard InChI is InChI=1S/C21H14N6O3/c1-13-11-15(27(29)30)7-8-17(13)25-10-9-16-18(20(25)28)19(14-5-3-2-4-6-14)26-21(24-16)22-12-23-26/h2-12H,1H3. The van der Waals surface area contributed by atoms with Crippen LogP contribution in [-0.4, -0.2) is 29.1 Å². The Bertz CT molecular complexity index is 1500. The lowest BCUT2D eigenvalue weighted by Crippen LogP contribution is -2.20. The lowest BCUT2D eigenvalue weighted by molar-refractivity contribution is -0.384. The van der Waals surface area contributed by atoms with Gasteiger partial charge in [0.25, 0.3) is 17.0 Å². The zero-order valence-electron chi connectivity index (χ0n) is 15.8. The van der Waals surface area contributed by atoms with E-state index in [1.807, 2.05) is 30.3 Å². The third-order valence-electron chi connectivity index (χ3n) is 4.97. The molecule has 0 aliphatic heterocycles. The first-order valence-corrected chi connectivity index (χ1v) is 9.10. The summed E-state index contributed by atoms with van der Waals surface area (Å²) in [7, 11) is 0. The Morgan fingerprint density at radius 3 is 2.60 bits per heavy atom. The number of hydrogen-bond donors (Lipinski definition) is 0. The van der Waals surface area contributed by atoms with Gasteiger partial charge in [0.15, 0.2) is 0 Å². The quantitative estimate of drug-likeness (QED) is 0.341. The molecule has 5 rings (SSSR count). The molecule has 0 atom stereocenters. The van der Waals surface area contributed by atoms with Gasteiger partial charge in [-0.05, 0) is 24.6 Å². The second-order valence-electron chi connectivity index (χ2n) is 6.78. The Morgan fingerprint density at radius 1 is 1.07 bits per heavy atom. The molecule has 5 aromatic rings. The molecule has 0 radical (unpaired) electrons. The van der Waals surface area contributed by atoms with Gasteiger partial charge in [-0.2, -0.15) is 14.6 Å². The molecule has 0 N–H and O–H groups in total. The lowest BCUT2D eigenvalue weighted by atomic mass is 10.1. The minimum absolute atomic E-state index is 0.0268. The van der Waals surface area contributed by atoms with Crippen LogP contribution in [0, 0.1) is 17.0 Å². The second kappa shape index (κ2) is 6.59. The van der Waals surface area contributed by atoms with Gasteiger partial charge in [-0.1, -0.05) is 30.3 Å². The monoisotopic (exact) mass is 398 g/mol. The fourth-order valence-corrected chi connectivity index (χ4v) is 3.60. The van der Waals surface area contributed by atoms with Crippen molar-refractivity contribution in [3.05, 3.63) is 93.2 Å². The Balaban J connectivity index is 1.86. The molecule has 30 heavy (non-hydrogen) atoms. The molecule has 0 bridgehead atoms. The van der Waals surface area contributed by atoms with Gasteiger partial charge < -0.3 is 0 Å². The number of non-ortho nitro benzene ring substituents is 1. The van der Waals surface area contributed by atoms with E-state index in [1.54, 1.807) is 29.8 Å². The molecule has 9 nitrogen and oxygen atoms in total. The van der Waals surface area contributed by atoms with Crippen LogP contribution in [0.5, 0.6) is 0 Å². The minimum atomic E-state index is -0.460. The van der Waals surface area contributed by atoms with Crippen LogP contribution < -0.4 is 5.56 Å².